The second-order valence-corrected chi connectivity index (χ2v) is 7.64. The van der Waals surface area contributed by atoms with E-state index in [1.807, 2.05) is 30.3 Å². The summed E-state index contributed by atoms with van der Waals surface area (Å²) in [5.74, 6) is 1.96. The molecule has 0 N–H and O–H groups in total. The summed E-state index contributed by atoms with van der Waals surface area (Å²) >= 11 is 1.34. The van der Waals surface area contributed by atoms with Gasteiger partial charge in [0.25, 0.3) is 11.8 Å². The van der Waals surface area contributed by atoms with E-state index in [0.717, 1.165) is 17.1 Å². The van der Waals surface area contributed by atoms with Gasteiger partial charge in [0.05, 0.1) is 29.1 Å². The van der Waals surface area contributed by atoms with E-state index in [4.69, 9.17) is 9.15 Å². The molecule has 0 bridgehead atoms. The van der Waals surface area contributed by atoms with Crippen LogP contribution >= 0.6 is 11.8 Å². The van der Waals surface area contributed by atoms with Crippen LogP contribution in [0, 0.1) is 5.92 Å². The van der Waals surface area contributed by atoms with Gasteiger partial charge in [-0.3, -0.25) is 14.5 Å². The highest BCUT2D eigenvalue weighted by Gasteiger charge is 2.38. The smallest absolute Gasteiger partial charge is 0.267 e. The van der Waals surface area contributed by atoms with Gasteiger partial charge in [0.15, 0.2) is 0 Å². The third-order valence-corrected chi connectivity index (χ3v) is 5.20. The highest BCUT2D eigenvalue weighted by atomic mass is 32.2. The topological polar surface area (TPSA) is 59.8 Å². The van der Waals surface area contributed by atoms with Gasteiger partial charge in [-0.1, -0.05) is 26.0 Å². The number of carbonyl (C=O) groups is 2. The molecule has 142 valence electrons. The predicted octanol–water partition coefficient (Wildman–Crippen LogP) is 4.35. The van der Waals surface area contributed by atoms with Crippen molar-refractivity contribution in [2.75, 3.05) is 13.2 Å². The minimum Gasteiger partial charge on any atom is -0.493 e. The molecule has 1 aromatic carbocycles. The first kappa shape index (κ1) is 19.3. The lowest BCUT2D eigenvalue weighted by Gasteiger charge is -2.12. The van der Waals surface area contributed by atoms with Crippen molar-refractivity contribution in [1.82, 2.24) is 4.90 Å². The first-order valence-corrected chi connectivity index (χ1v) is 9.98. The third kappa shape index (κ3) is 4.27. The summed E-state index contributed by atoms with van der Waals surface area (Å²) in [5, 5.41) is 0. The lowest BCUT2D eigenvalue weighted by Crippen LogP contribution is -2.31. The number of ether oxygens (including phenoxy) is 1. The van der Waals surface area contributed by atoms with Gasteiger partial charge < -0.3 is 9.15 Å². The van der Waals surface area contributed by atoms with Gasteiger partial charge in [0.2, 0.25) is 0 Å². The van der Waals surface area contributed by atoms with Crippen molar-refractivity contribution in [2.24, 2.45) is 5.92 Å². The molecule has 6 heteroatoms. The second kappa shape index (κ2) is 8.48. The average Bonchev–Trinajstić information content (AvgIpc) is 3.25. The molecule has 0 fully saturated rings. The number of nitrogens with zero attached hydrogens (tertiary/aromatic N) is 1. The lowest BCUT2D eigenvalue weighted by molar-refractivity contribution is -0.136. The van der Waals surface area contributed by atoms with Crippen LogP contribution in [0.1, 0.15) is 32.1 Å². The van der Waals surface area contributed by atoms with E-state index in [1.54, 1.807) is 19.3 Å². The number of amides is 2. The number of carbonyl (C=O) groups excluding carboxylic acids is 2. The van der Waals surface area contributed by atoms with Crippen molar-refractivity contribution in [3.63, 3.8) is 0 Å². The summed E-state index contributed by atoms with van der Waals surface area (Å²) in [5.41, 5.74) is 1.18. The highest BCUT2D eigenvalue weighted by Crippen LogP contribution is 2.37. The number of benzene rings is 1. The fourth-order valence-corrected chi connectivity index (χ4v) is 3.78. The Bertz CT molecular complexity index is 838. The van der Waals surface area contributed by atoms with Crippen molar-refractivity contribution in [1.29, 1.82) is 0 Å². The van der Waals surface area contributed by atoms with Gasteiger partial charge >= 0.3 is 0 Å². The Morgan fingerprint density at radius 3 is 2.44 bits per heavy atom. The molecule has 3 rings (SSSR count). The van der Waals surface area contributed by atoms with Crippen LogP contribution in [0.4, 0.5) is 0 Å². The minimum absolute atomic E-state index is 0.241. The molecule has 2 heterocycles. The molecule has 1 aliphatic heterocycles. The Morgan fingerprint density at radius 1 is 1.11 bits per heavy atom. The molecule has 2 amide bonds. The van der Waals surface area contributed by atoms with E-state index in [1.165, 1.54) is 16.7 Å². The van der Waals surface area contributed by atoms with E-state index in [0.29, 0.717) is 35.3 Å². The van der Waals surface area contributed by atoms with E-state index >= 15 is 0 Å². The molecule has 5 nitrogen and oxygen atoms in total. The normalized spacial score (nSPS) is 14.6. The quantitative estimate of drug-likeness (QED) is 0.633. The molecule has 0 aliphatic carbocycles. The molecule has 1 aliphatic rings. The Morgan fingerprint density at radius 2 is 1.85 bits per heavy atom. The van der Waals surface area contributed by atoms with Crippen LogP contribution in [0.15, 0.2) is 52.0 Å². The van der Waals surface area contributed by atoms with E-state index in [2.05, 4.69) is 13.8 Å². The molecule has 27 heavy (non-hydrogen) atoms. The molecule has 0 saturated heterocycles. The number of likely N-dealkylation sites (N-methyl/N-ethyl adjacent to an activating group) is 1. The molecule has 0 saturated carbocycles. The van der Waals surface area contributed by atoms with E-state index < -0.39 is 0 Å². The zero-order chi connectivity index (χ0) is 19.4. The predicted molar refractivity (Wildman–Crippen MR) is 106 cm³/mol. The molecule has 0 atom stereocenters. The maximum atomic E-state index is 12.8. The van der Waals surface area contributed by atoms with Gasteiger partial charge in [-0.15, -0.1) is 11.8 Å². The van der Waals surface area contributed by atoms with E-state index in [-0.39, 0.29) is 11.8 Å². The van der Waals surface area contributed by atoms with Crippen molar-refractivity contribution < 1.29 is 18.7 Å². The van der Waals surface area contributed by atoms with Crippen LogP contribution in [0.3, 0.4) is 0 Å². The number of rotatable bonds is 8. The monoisotopic (exact) mass is 385 g/mol. The summed E-state index contributed by atoms with van der Waals surface area (Å²) < 4.78 is 11.0. The molecule has 2 aromatic rings. The first-order valence-electron chi connectivity index (χ1n) is 9.00. The van der Waals surface area contributed by atoms with Crippen LogP contribution < -0.4 is 4.74 Å². The summed E-state index contributed by atoms with van der Waals surface area (Å²) in [4.78, 5) is 27.3. The maximum absolute atomic E-state index is 12.8. The van der Waals surface area contributed by atoms with Gasteiger partial charge in [0, 0.05) is 6.54 Å². The summed E-state index contributed by atoms with van der Waals surface area (Å²) in [6.07, 6.45) is 1.60. The standard InChI is InChI=1S/C21H23NO4S/c1-4-22-20(23)18(15-7-9-16(10-8-15)26-12-14(2)3)19(21(22)24)27-13-17-6-5-11-25-17/h5-11,14H,4,12-13H2,1-3H3. The number of imide groups is 1. The maximum Gasteiger partial charge on any atom is 0.267 e. The molecular weight excluding hydrogens is 362 g/mol. The molecule has 0 radical (unpaired) electrons. The lowest BCUT2D eigenvalue weighted by atomic mass is 10.1. The Labute approximate surface area is 163 Å². The number of hydrogen-bond acceptors (Lipinski definition) is 5. The Hall–Kier alpha value is -2.47. The second-order valence-electron chi connectivity index (χ2n) is 6.66. The summed E-state index contributed by atoms with van der Waals surface area (Å²) in [6.45, 7) is 6.96. The molecule has 0 unspecified atom stereocenters. The summed E-state index contributed by atoms with van der Waals surface area (Å²) in [7, 11) is 0. The van der Waals surface area contributed by atoms with E-state index in [9.17, 15) is 9.59 Å². The molecular formula is C21H23NO4S. The molecule has 1 aromatic heterocycles. The fraction of sp³-hybridized carbons (Fsp3) is 0.333. The van der Waals surface area contributed by atoms with Crippen LogP contribution in [0.5, 0.6) is 5.75 Å². The van der Waals surface area contributed by atoms with Crippen LogP contribution in [0.2, 0.25) is 0 Å². The minimum atomic E-state index is -0.250. The first-order chi connectivity index (χ1) is 13.0. The Kier molecular flexibility index (Phi) is 6.06. The number of hydrogen-bond donors (Lipinski definition) is 0. The van der Waals surface area contributed by atoms with Gasteiger partial charge in [-0.05, 0) is 42.7 Å². The van der Waals surface area contributed by atoms with Crippen molar-refractivity contribution >= 4 is 29.1 Å². The summed E-state index contributed by atoms with van der Waals surface area (Å²) in [6, 6.07) is 11.0. The van der Waals surface area contributed by atoms with Gasteiger partial charge in [-0.2, -0.15) is 0 Å². The number of furan rings is 1. The van der Waals surface area contributed by atoms with Crippen LogP contribution in [0.25, 0.3) is 5.57 Å². The average molecular weight is 385 g/mol. The van der Waals surface area contributed by atoms with Crippen LogP contribution in [-0.2, 0) is 15.3 Å². The zero-order valence-corrected chi connectivity index (χ0v) is 16.5. The fourth-order valence-electron chi connectivity index (χ4n) is 2.75. The third-order valence-electron chi connectivity index (χ3n) is 4.11. The zero-order valence-electron chi connectivity index (χ0n) is 15.7. The largest absolute Gasteiger partial charge is 0.493 e. The van der Waals surface area contributed by atoms with Crippen molar-refractivity contribution in [3.8, 4) is 5.75 Å². The SMILES string of the molecule is CCN1C(=O)C(SCc2ccco2)=C(c2ccc(OCC(C)C)cc2)C1=O. The van der Waals surface area contributed by atoms with Crippen molar-refractivity contribution in [2.45, 2.75) is 26.5 Å². The number of thioether (sulfide) groups is 1. The highest BCUT2D eigenvalue weighted by molar-refractivity contribution is 8.03. The van der Waals surface area contributed by atoms with Crippen molar-refractivity contribution in [3.05, 3.63) is 58.9 Å². The molecule has 0 spiro atoms. The van der Waals surface area contributed by atoms with Gasteiger partial charge in [0.1, 0.15) is 11.5 Å². The van der Waals surface area contributed by atoms with Gasteiger partial charge in [-0.25, -0.2) is 0 Å². The Balaban J connectivity index is 1.87. The van der Waals surface area contributed by atoms with Crippen LogP contribution in [-0.4, -0.2) is 29.9 Å².